The minimum absolute atomic E-state index is 0.0456. The second-order valence-electron chi connectivity index (χ2n) is 6.73. The van der Waals surface area contributed by atoms with E-state index in [1.54, 1.807) is 11.1 Å². The van der Waals surface area contributed by atoms with Crippen molar-refractivity contribution in [3.8, 4) is 0 Å². The van der Waals surface area contributed by atoms with Crippen LogP contribution in [0, 0.1) is 23.2 Å². The van der Waals surface area contributed by atoms with E-state index < -0.39 is 5.97 Å². The molecule has 1 saturated carbocycles. The molecule has 0 aromatic heterocycles. The molecule has 3 unspecified atom stereocenters. The quantitative estimate of drug-likeness (QED) is 0.603. The van der Waals surface area contributed by atoms with Crippen molar-refractivity contribution in [2.24, 2.45) is 23.2 Å². The molecule has 0 aliphatic heterocycles. The number of rotatable bonds is 3. The van der Waals surface area contributed by atoms with Crippen molar-refractivity contribution in [3.05, 3.63) is 23.3 Å². The third kappa shape index (κ3) is 2.50. The van der Waals surface area contributed by atoms with E-state index in [4.69, 9.17) is 5.11 Å². The first-order valence-electron chi connectivity index (χ1n) is 7.53. The SMILES string of the molecule is CC(C)C1=C2C(C)C(C)CCC2(/C=C/C(=O)O)CC1. The van der Waals surface area contributed by atoms with Crippen molar-refractivity contribution in [3.63, 3.8) is 0 Å². The number of hydrogen-bond acceptors (Lipinski definition) is 1. The van der Waals surface area contributed by atoms with Gasteiger partial charge < -0.3 is 5.11 Å². The minimum Gasteiger partial charge on any atom is -0.478 e. The maximum Gasteiger partial charge on any atom is 0.328 e. The molecule has 2 aliphatic rings. The Morgan fingerprint density at radius 2 is 2.05 bits per heavy atom. The molecule has 0 bridgehead atoms. The number of fused-ring (bicyclic) bond motifs is 1. The second kappa shape index (κ2) is 5.15. The van der Waals surface area contributed by atoms with Crippen LogP contribution in [0.1, 0.15) is 53.4 Å². The van der Waals surface area contributed by atoms with Crippen molar-refractivity contribution in [2.45, 2.75) is 53.4 Å². The van der Waals surface area contributed by atoms with Gasteiger partial charge in [0.2, 0.25) is 0 Å². The highest BCUT2D eigenvalue weighted by molar-refractivity contribution is 5.80. The van der Waals surface area contributed by atoms with Crippen molar-refractivity contribution in [1.82, 2.24) is 0 Å². The first kappa shape index (κ1) is 14.4. The van der Waals surface area contributed by atoms with Gasteiger partial charge >= 0.3 is 5.97 Å². The third-order valence-corrected chi connectivity index (χ3v) is 5.32. The highest BCUT2D eigenvalue weighted by Crippen LogP contribution is 2.57. The van der Waals surface area contributed by atoms with Crippen LogP contribution in [0.15, 0.2) is 23.3 Å². The van der Waals surface area contributed by atoms with Gasteiger partial charge in [-0.15, -0.1) is 0 Å². The Bertz CT molecular complexity index is 431. The number of allylic oxidation sites excluding steroid dienone is 3. The van der Waals surface area contributed by atoms with Gasteiger partial charge in [0.05, 0.1) is 0 Å². The second-order valence-corrected chi connectivity index (χ2v) is 6.73. The van der Waals surface area contributed by atoms with Gasteiger partial charge in [-0.25, -0.2) is 4.79 Å². The van der Waals surface area contributed by atoms with Crippen LogP contribution in [-0.2, 0) is 4.79 Å². The van der Waals surface area contributed by atoms with Crippen molar-refractivity contribution in [2.75, 3.05) is 0 Å². The molecule has 0 spiro atoms. The predicted octanol–water partition coefficient (Wildman–Crippen LogP) is 4.43. The Balaban J connectivity index is 2.45. The first-order valence-corrected chi connectivity index (χ1v) is 7.53. The van der Waals surface area contributed by atoms with Crippen LogP contribution in [-0.4, -0.2) is 11.1 Å². The molecule has 0 heterocycles. The highest BCUT2D eigenvalue weighted by atomic mass is 16.4. The summed E-state index contributed by atoms with van der Waals surface area (Å²) in [4.78, 5) is 10.9. The average molecular weight is 262 g/mol. The zero-order valence-electron chi connectivity index (χ0n) is 12.6. The zero-order valence-corrected chi connectivity index (χ0v) is 12.6. The summed E-state index contributed by atoms with van der Waals surface area (Å²) in [6.45, 7) is 9.20. The fourth-order valence-corrected chi connectivity index (χ4v) is 4.06. The van der Waals surface area contributed by atoms with Crippen molar-refractivity contribution < 1.29 is 9.90 Å². The van der Waals surface area contributed by atoms with Crippen LogP contribution >= 0.6 is 0 Å². The third-order valence-electron chi connectivity index (χ3n) is 5.32. The smallest absolute Gasteiger partial charge is 0.328 e. The Kier molecular flexibility index (Phi) is 3.89. The van der Waals surface area contributed by atoms with E-state index in [9.17, 15) is 4.79 Å². The van der Waals surface area contributed by atoms with E-state index >= 15 is 0 Å². The van der Waals surface area contributed by atoms with E-state index in [1.165, 1.54) is 12.5 Å². The molecule has 2 rings (SSSR count). The number of aliphatic carboxylic acids is 1. The monoisotopic (exact) mass is 262 g/mol. The van der Waals surface area contributed by atoms with E-state index in [0.29, 0.717) is 17.8 Å². The molecule has 2 heteroatoms. The van der Waals surface area contributed by atoms with Crippen molar-refractivity contribution >= 4 is 5.97 Å². The van der Waals surface area contributed by atoms with Gasteiger partial charge in [0.25, 0.3) is 0 Å². The summed E-state index contributed by atoms with van der Waals surface area (Å²) in [5.41, 5.74) is 3.21. The Morgan fingerprint density at radius 1 is 1.37 bits per heavy atom. The molecule has 106 valence electrons. The van der Waals surface area contributed by atoms with Crippen LogP contribution in [0.4, 0.5) is 0 Å². The molecule has 3 atom stereocenters. The summed E-state index contributed by atoms with van der Waals surface area (Å²) in [7, 11) is 0. The average Bonchev–Trinajstić information content (AvgIpc) is 2.73. The van der Waals surface area contributed by atoms with Gasteiger partial charge in [0, 0.05) is 11.5 Å². The fraction of sp³-hybridized carbons (Fsp3) is 0.706. The molecule has 0 aromatic carbocycles. The predicted molar refractivity (Wildman–Crippen MR) is 77.9 cm³/mol. The van der Waals surface area contributed by atoms with E-state index in [1.807, 2.05) is 6.08 Å². The van der Waals surface area contributed by atoms with Crippen LogP contribution < -0.4 is 0 Å². The molecular formula is C17H26O2. The summed E-state index contributed by atoms with van der Waals surface area (Å²) in [5, 5.41) is 8.95. The normalized spacial score (nSPS) is 35.2. The molecule has 0 aromatic rings. The van der Waals surface area contributed by atoms with E-state index in [2.05, 4.69) is 27.7 Å². The van der Waals surface area contributed by atoms with Crippen LogP contribution in [0.25, 0.3) is 0 Å². The maximum atomic E-state index is 10.9. The van der Waals surface area contributed by atoms with Crippen LogP contribution in [0.5, 0.6) is 0 Å². The van der Waals surface area contributed by atoms with Gasteiger partial charge in [-0.3, -0.25) is 0 Å². The molecular weight excluding hydrogens is 236 g/mol. The van der Waals surface area contributed by atoms with E-state index in [-0.39, 0.29) is 5.41 Å². The Hall–Kier alpha value is -1.05. The topological polar surface area (TPSA) is 37.3 Å². The lowest BCUT2D eigenvalue weighted by molar-refractivity contribution is -0.131. The lowest BCUT2D eigenvalue weighted by Crippen LogP contribution is -2.31. The molecule has 1 fully saturated rings. The molecule has 0 saturated heterocycles. The molecule has 0 amide bonds. The van der Waals surface area contributed by atoms with Gasteiger partial charge in [-0.1, -0.05) is 44.9 Å². The highest BCUT2D eigenvalue weighted by Gasteiger charge is 2.45. The summed E-state index contributed by atoms with van der Waals surface area (Å²) < 4.78 is 0. The maximum absolute atomic E-state index is 10.9. The summed E-state index contributed by atoms with van der Waals surface area (Å²) in [6.07, 6.45) is 7.94. The summed E-state index contributed by atoms with van der Waals surface area (Å²) >= 11 is 0. The standard InChI is InChI=1S/C17H26O2/c1-11(2)14-6-9-17(10-7-15(18)19)8-5-12(3)13(4)16(14)17/h7,10-13H,5-6,8-9H2,1-4H3,(H,18,19)/b10-7+. The molecule has 1 N–H and O–H groups in total. The van der Waals surface area contributed by atoms with E-state index in [0.717, 1.165) is 19.3 Å². The van der Waals surface area contributed by atoms with Gasteiger partial charge in [-0.05, 0) is 43.4 Å². The van der Waals surface area contributed by atoms with Crippen LogP contribution in [0.3, 0.4) is 0 Å². The number of carboxylic acids is 1. The van der Waals surface area contributed by atoms with Crippen molar-refractivity contribution in [1.29, 1.82) is 0 Å². The summed E-state index contributed by atoms with van der Waals surface area (Å²) in [5.74, 6) is 1.07. The van der Waals surface area contributed by atoms with Gasteiger partial charge in [0.15, 0.2) is 0 Å². The number of hydrogen-bond donors (Lipinski definition) is 1. The van der Waals surface area contributed by atoms with Crippen LogP contribution in [0.2, 0.25) is 0 Å². The Labute approximate surface area is 116 Å². The molecule has 19 heavy (non-hydrogen) atoms. The Morgan fingerprint density at radius 3 is 2.63 bits per heavy atom. The fourth-order valence-electron chi connectivity index (χ4n) is 4.06. The molecule has 2 nitrogen and oxygen atoms in total. The minimum atomic E-state index is -0.821. The number of carboxylic acid groups (broad SMARTS) is 1. The molecule has 2 aliphatic carbocycles. The van der Waals surface area contributed by atoms with Gasteiger partial charge in [-0.2, -0.15) is 0 Å². The van der Waals surface area contributed by atoms with Gasteiger partial charge in [0.1, 0.15) is 0 Å². The lowest BCUT2D eigenvalue weighted by atomic mass is 9.63. The summed E-state index contributed by atoms with van der Waals surface area (Å²) in [6, 6.07) is 0. The molecule has 0 radical (unpaired) electrons. The zero-order chi connectivity index (χ0) is 14.2. The lowest BCUT2D eigenvalue weighted by Gasteiger charge is -2.42. The largest absolute Gasteiger partial charge is 0.478 e. The number of carbonyl (C=O) groups is 1. The first-order chi connectivity index (χ1) is 8.87.